The molecule has 3 fully saturated rings. The number of halogens is 3. The number of amides is 3. The summed E-state index contributed by atoms with van der Waals surface area (Å²) >= 11 is 0. The lowest BCUT2D eigenvalue weighted by Gasteiger charge is -2.28. The number of rotatable bonds is 14. The topological polar surface area (TPSA) is 139 Å². The van der Waals surface area contributed by atoms with E-state index < -0.39 is 50.4 Å². The van der Waals surface area contributed by atoms with Gasteiger partial charge in [0.2, 0.25) is 27.7 Å². The van der Waals surface area contributed by atoms with Gasteiger partial charge in [-0.05, 0) is 82.4 Å². The van der Waals surface area contributed by atoms with E-state index in [0.717, 1.165) is 31.4 Å². The quantitative estimate of drug-likeness (QED) is 0.214. The molecule has 3 amide bonds. The summed E-state index contributed by atoms with van der Waals surface area (Å²) in [6, 6.07) is 3.14. The van der Waals surface area contributed by atoms with Crippen LogP contribution < -0.4 is 15.8 Å². The number of alkyl halides is 3. The second-order valence-corrected chi connectivity index (χ2v) is 14.1. The third-order valence-corrected chi connectivity index (χ3v) is 10.6. The predicted octanol–water partition coefficient (Wildman–Crippen LogP) is 4.10. The molecule has 1 aliphatic heterocycles. The summed E-state index contributed by atoms with van der Waals surface area (Å²) in [5, 5.41) is 2.96. The Kier molecular flexibility index (Phi) is 9.58. The second-order valence-electron chi connectivity index (χ2n) is 11.9. The van der Waals surface area contributed by atoms with E-state index in [9.17, 15) is 36.0 Å². The molecule has 0 unspecified atom stereocenters. The number of nitrogens with zero attached hydrogens (tertiary/aromatic N) is 1. The van der Waals surface area contributed by atoms with Crippen molar-refractivity contribution in [2.24, 2.45) is 17.6 Å². The number of hydrogen-bond acceptors (Lipinski definition) is 6. The summed E-state index contributed by atoms with van der Waals surface area (Å²) in [6.45, 7) is 2.00. The molecule has 0 radical (unpaired) electrons. The molecule has 4 N–H and O–H groups in total. The van der Waals surface area contributed by atoms with Gasteiger partial charge in [-0.2, -0.15) is 13.2 Å². The van der Waals surface area contributed by atoms with Gasteiger partial charge in [-0.25, -0.2) is 8.42 Å². The smallest absolute Gasteiger partial charge is 0.374 e. The number of primary amides is 1. The van der Waals surface area contributed by atoms with E-state index in [4.69, 9.17) is 5.73 Å². The van der Waals surface area contributed by atoms with Crippen molar-refractivity contribution in [2.45, 2.75) is 94.1 Å². The van der Waals surface area contributed by atoms with Gasteiger partial charge in [0.25, 0.3) is 0 Å². The van der Waals surface area contributed by atoms with Crippen molar-refractivity contribution < 1.29 is 36.0 Å². The van der Waals surface area contributed by atoms with Crippen LogP contribution in [0.25, 0.3) is 0 Å². The lowest BCUT2D eigenvalue weighted by Crippen LogP contribution is -2.49. The molecule has 0 spiro atoms. The van der Waals surface area contributed by atoms with Gasteiger partial charge in [-0.15, -0.1) is 0 Å². The number of likely N-dealkylation sites (tertiary alicyclic amines) is 1. The minimum Gasteiger partial charge on any atom is -0.374 e. The number of carbonyl (C=O) groups excluding carboxylic acids is 3. The van der Waals surface area contributed by atoms with Crippen molar-refractivity contribution in [2.75, 3.05) is 11.9 Å². The summed E-state index contributed by atoms with van der Waals surface area (Å²) in [6.07, 6.45) is 5.48. The minimum absolute atomic E-state index is 0.0181. The normalized spacial score (nSPS) is 23.9. The third-order valence-electron chi connectivity index (χ3n) is 8.45. The van der Waals surface area contributed by atoms with Gasteiger partial charge >= 0.3 is 6.18 Å². The van der Waals surface area contributed by atoms with Crippen molar-refractivity contribution in [1.82, 2.24) is 9.62 Å². The summed E-state index contributed by atoms with van der Waals surface area (Å²) in [5.74, 6) is -1.71. The monoisotopic (exact) mass is 612 g/mol. The maximum atomic E-state index is 13.4. The maximum Gasteiger partial charge on any atom is 0.416 e. The van der Waals surface area contributed by atoms with Crippen LogP contribution in [0.1, 0.15) is 76.7 Å². The Morgan fingerprint density at radius 2 is 1.93 bits per heavy atom. The van der Waals surface area contributed by atoms with Gasteiger partial charge < -0.3 is 16.0 Å². The van der Waals surface area contributed by atoms with E-state index in [1.165, 1.54) is 17.0 Å². The first kappa shape index (κ1) is 31.8. The average molecular weight is 613 g/mol. The molecule has 13 heteroatoms. The second kappa shape index (κ2) is 12.6. The molecule has 4 atom stereocenters. The van der Waals surface area contributed by atoms with Gasteiger partial charge in [0.05, 0.1) is 10.3 Å². The Labute approximate surface area is 244 Å². The van der Waals surface area contributed by atoms with Crippen molar-refractivity contribution in [1.29, 1.82) is 0 Å². The molecule has 2 saturated carbocycles. The minimum atomic E-state index is -4.52. The summed E-state index contributed by atoms with van der Waals surface area (Å²) in [7, 11) is -3.63. The van der Waals surface area contributed by atoms with E-state index in [1.54, 1.807) is 6.92 Å². The fourth-order valence-corrected chi connectivity index (χ4v) is 6.64. The molecule has 0 aromatic heterocycles. The summed E-state index contributed by atoms with van der Waals surface area (Å²) in [4.78, 5) is 39.0. The molecule has 232 valence electrons. The Balaban J connectivity index is 1.25. The summed E-state index contributed by atoms with van der Waals surface area (Å²) in [5.41, 5.74) is 4.82. The highest BCUT2D eigenvalue weighted by atomic mass is 32.2. The van der Waals surface area contributed by atoms with Crippen LogP contribution in [-0.4, -0.2) is 54.4 Å². The van der Waals surface area contributed by atoms with Gasteiger partial charge in [-0.3, -0.25) is 19.1 Å². The molecule has 0 bridgehead atoms. The fraction of sp³-hybridized carbons (Fsp3) is 0.621. The largest absolute Gasteiger partial charge is 0.416 e. The molecule has 9 nitrogen and oxygen atoms in total. The molecule has 1 heterocycles. The first-order valence-electron chi connectivity index (χ1n) is 14.5. The predicted molar refractivity (Wildman–Crippen MR) is 151 cm³/mol. The Morgan fingerprint density at radius 1 is 1.19 bits per heavy atom. The zero-order valence-corrected chi connectivity index (χ0v) is 24.5. The van der Waals surface area contributed by atoms with Crippen LogP contribution in [0.5, 0.6) is 0 Å². The van der Waals surface area contributed by atoms with E-state index in [0.29, 0.717) is 51.5 Å². The lowest BCUT2D eigenvalue weighted by atomic mass is 10.0. The van der Waals surface area contributed by atoms with Crippen molar-refractivity contribution in [3.63, 3.8) is 0 Å². The lowest BCUT2D eigenvalue weighted by molar-refractivity contribution is -0.138. The maximum absolute atomic E-state index is 13.4. The fourth-order valence-electron chi connectivity index (χ4n) is 5.33. The van der Waals surface area contributed by atoms with Crippen molar-refractivity contribution in [3.05, 3.63) is 42.0 Å². The highest BCUT2D eigenvalue weighted by Gasteiger charge is 2.52. The number of nitrogens with two attached hydrogens (primary N) is 1. The highest BCUT2D eigenvalue weighted by Crippen LogP contribution is 2.44. The van der Waals surface area contributed by atoms with Crippen molar-refractivity contribution >= 4 is 33.4 Å². The zero-order chi connectivity index (χ0) is 30.7. The number of sulfonamides is 1. The van der Waals surface area contributed by atoms with Crippen LogP contribution in [0, 0.1) is 11.8 Å². The van der Waals surface area contributed by atoms with Crippen LogP contribution in [0.15, 0.2) is 36.4 Å². The number of nitrogens with one attached hydrogen (secondary N) is 2. The Morgan fingerprint density at radius 3 is 2.60 bits per heavy atom. The van der Waals surface area contributed by atoms with Crippen LogP contribution in [-0.2, 0) is 30.6 Å². The molecule has 3 aliphatic rings. The zero-order valence-electron chi connectivity index (χ0n) is 23.7. The molecule has 1 aromatic carbocycles. The van der Waals surface area contributed by atoms with Crippen LogP contribution in [0.4, 0.5) is 18.9 Å². The van der Waals surface area contributed by atoms with E-state index in [1.807, 2.05) is 12.2 Å². The first-order chi connectivity index (χ1) is 19.7. The molecule has 1 saturated heterocycles. The SMILES string of the molecule is CC1(S(=O)(=O)NC(=O)[C@H]2C[C@H]2/C=C\CCCCC[C@H](Nc2cccc(C(F)(F)F)c2)C(=O)N2CCC[C@H]2C(N)=O)CC1. The summed E-state index contributed by atoms with van der Waals surface area (Å²) < 4.78 is 65.6. The number of anilines is 1. The number of carbonyl (C=O) groups is 3. The number of hydrogen-bond donors (Lipinski definition) is 3. The van der Waals surface area contributed by atoms with Crippen LogP contribution >= 0.6 is 0 Å². The van der Waals surface area contributed by atoms with E-state index >= 15 is 0 Å². The van der Waals surface area contributed by atoms with Crippen LogP contribution in [0.3, 0.4) is 0 Å². The highest BCUT2D eigenvalue weighted by molar-refractivity contribution is 7.91. The first-order valence-corrected chi connectivity index (χ1v) is 16.0. The molecule has 2 aliphatic carbocycles. The van der Waals surface area contributed by atoms with Gasteiger partial charge in [0.15, 0.2) is 0 Å². The van der Waals surface area contributed by atoms with E-state index in [-0.39, 0.29) is 23.4 Å². The Bertz CT molecular complexity index is 1310. The van der Waals surface area contributed by atoms with E-state index in [2.05, 4.69) is 10.0 Å². The molecular formula is C29H39F3N4O5S. The average Bonchev–Trinajstić information content (AvgIpc) is 3.82. The number of benzene rings is 1. The van der Waals surface area contributed by atoms with Gasteiger partial charge in [0.1, 0.15) is 12.1 Å². The number of unbranched alkanes of at least 4 members (excludes halogenated alkanes) is 3. The number of allylic oxidation sites excluding steroid dienone is 2. The molecule has 42 heavy (non-hydrogen) atoms. The third kappa shape index (κ3) is 7.84. The van der Waals surface area contributed by atoms with Crippen molar-refractivity contribution in [3.8, 4) is 0 Å². The van der Waals surface area contributed by atoms with Gasteiger partial charge in [0, 0.05) is 18.2 Å². The standard InChI is InChI=1S/C29H39F3N4O5S/c1-28(14-15-28)42(40,41)35-26(38)22-17-19(22)9-5-3-2-4-6-12-23(27(39)36-16-8-13-24(36)25(33)37)34-21-11-7-10-20(18-21)29(30,31)32/h5,7,9-11,18-19,22-24,34H,2-4,6,8,12-17H2,1H3,(H2,33,37)(H,35,38)/b9-5-/t19-,22+,23+,24+/m1/s1. The Hall–Kier alpha value is -3.09. The molecule has 1 aromatic rings. The molecular weight excluding hydrogens is 573 g/mol. The van der Waals surface area contributed by atoms with Gasteiger partial charge in [-0.1, -0.05) is 31.1 Å². The van der Waals surface area contributed by atoms with Crippen LogP contribution in [0.2, 0.25) is 0 Å². The molecule has 4 rings (SSSR count).